The lowest BCUT2D eigenvalue weighted by atomic mass is 10.6. The lowest BCUT2D eigenvalue weighted by molar-refractivity contribution is 0.213. The van der Waals surface area contributed by atoms with Crippen molar-refractivity contribution in [2.75, 3.05) is 19.0 Å². The van der Waals surface area contributed by atoms with E-state index in [1.807, 2.05) is 13.8 Å². The van der Waals surface area contributed by atoms with Crippen molar-refractivity contribution in [3.8, 4) is 0 Å². The van der Waals surface area contributed by atoms with Crippen LogP contribution in [0.3, 0.4) is 0 Å². The Morgan fingerprint density at radius 3 is 2.09 bits per heavy atom. The third-order valence-corrected chi connectivity index (χ3v) is 3.91. The topological polar surface area (TPSA) is 18.5 Å². The molecular formula is C7H18O2SSi. The van der Waals surface area contributed by atoms with Crippen LogP contribution in [0.5, 0.6) is 0 Å². The van der Waals surface area contributed by atoms with Crippen molar-refractivity contribution in [1.82, 2.24) is 0 Å². The lowest BCUT2D eigenvalue weighted by Gasteiger charge is -2.13. The fourth-order valence-corrected chi connectivity index (χ4v) is 3.08. The first kappa shape index (κ1) is 11.5. The molecular weight excluding hydrogens is 176 g/mol. The van der Waals surface area contributed by atoms with Crippen molar-refractivity contribution < 1.29 is 8.85 Å². The zero-order valence-electron chi connectivity index (χ0n) is 7.38. The monoisotopic (exact) mass is 194 g/mol. The van der Waals surface area contributed by atoms with Gasteiger partial charge in [0, 0.05) is 13.2 Å². The van der Waals surface area contributed by atoms with Crippen molar-refractivity contribution in [3.63, 3.8) is 0 Å². The summed E-state index contributed by atoms with van der Waals surface area (Å²) in [4.78, 5) is 0. The van der Waals surface area contributed by atoms with Gasteiger partial charge in [0.05, 0.1) is 0 Å². The van der Waals surface area contributed by atoms with Crippen molar-refractivity contribution in [1.29, 1.82) is 0 Å². The van der Waals surface area contributed by atoms with Gasteiger partial charge >= 0.3 is 9.28 Å². The molecule has 0 spiro atoms. The van der Waals surface area contributed by atoms with E-state index in [0.29, 0.717) is 0 Å². The average Bonchev–Trinajstić information content (AvgIpc) is 2.01. The maximum atomic E-state index is 5.47. The first-order valence-corrected chi connectivity index (χ1v) is 6.58. The fourth-order valence-electron chi connectivity index (χ4n) is 0.845. The highest BCUT2D eigenvalue weighted by atomic mass is 32.1. The molecule has 0 aromatic rings. The summed E-state index contributed by atoms with van der Waals surface area (Å²) in [5.41, 5.74) is 0. The Balaban J connectivity index is 3.34. The van der Waals surface area contributed by atoms with Crippen LogP contribution in [0.1, 0.15) is 20.3 Å². The molecule has 0 radical (unpaired) electrons. The van der Waals surface area contributed by atoms with E-state index in [4.69, 9.17) is 8.85 Å². The van der Waals surface area contributed by atoms with Crippen molar-refractivity contribution in [2.45, 2.75) is 26.3 Å². The van der Waals surface area contributed by atoms with E-state index in [-0.39, 0.29) is 0 Å². The molecule has 0 bridgehead atoms. The van der Waals surface area contributed by atoms with Crippen LogP contribution in [0.25, 0.3) is 0 Å². The van der Waals surface area contributed by atoms with E-state index in [2.05, 4.69) is 12.6 Å². The quantitative estimate of drug-likeness (QED) is 0.490. The van der Waals surface area contributed by atoms with Crippen molar-refractivity contribution in [2.24, 2.45) is 0 Å². The standard InChI is InChI=1S/C7H18O2SSi/c1-3-8-11(9-4-2)7-5-6-10/h10-11H,3-7H2,1-2H3. The third kappa shape index (κ3) is 6.87. The van der Waals surface area contributed by atoms with Crippen LogP contribution in [-0.4, -0.2) is 28.3 Å². The maximum absolute atomic E-state index is 5.47. The van der Waals surface area contributed by atoms with Gasteiger partial charge < -0.3 is 8.85 Å². The molecule has 68 valence electrons. The smallest absolute Gasteiger partial charge is 0.321 e. The molecule has 0 N–H and O–H groups in total. The summed E-state index contributed by atoms with van der Waals surface area (Å²) in [5, 5.41) is 0. The van der Waals surface area contributed by atoms with Gasteiger partial charge in [-0.3, -0.25) is 0 Å². The normalized spacial score (nSPS) is 10.9. The molecule has 0 rings (SSSR count). The van der Waals surface area contributed by atoms with E-state index in [1.165, 1.54) is 0 Å². The van der Waals surface area contributed by atoms with Gasteiger partial charge in [0.1, 0.15) is 0 Å². The molecule has 0 saturated heterocycles. The Bertz CT molecular complexity index is 76.8. The van der Waals surface area contributed by atoms with Gasteiger partial charge in [-0.2, -0.15) is 12.6 Å². The highest BCUT2D eigenvalue weighted by Gasteiger charge is 2.09. The van der Waals surface area contributed by atoms with Crippen molar-refractivity contribution in [3.05, 3.63) is 0 Å². The highest BCUT2D eigenvalue weighted by molar-refractivity contribution is 7.80. The summed E-state index contributed by atoms with van der Waals surface area (Å²) in [7, 11) is -1.30. The molecule has 0 unspecified atom stereocenters. The zero-order chi connectivity index (χ0) is 8.53. The van der Waals surface area contributed by atoms with E-state index in [9.17, 15) is 0 Å². The summed E-state index contributed by atoms with van der Waals surface area (Å²) in [6.45, 7) is 5.59. The Labute approximate surface area is 76.5 Å². The lowest BCUT2D eigenvalue weighted by Crippen LogP contribution is -2.22. The highest BCUT2D eigenvalue weighted by Crippen LogP contribution is 2.02. The van der Waals surface area contributed by atoms with E-state index < -0.39 is 9.28 Å². The molecule has 2 nitrogen and oxygen atoms in total. The Morgan fingerprint density at radius 2 is 1.73 bits per heavy atom. The van der Waals surface area contributed by atoms with Crippen LogP contribution < -0.4 is 0 Å². The van der Waals surface area contributed by atoms with Gasteiger partial charge in [-0.15, -0.1) is 0 Å². The molecule has 0 atom stereocenters. The molecule has 0 amide bonds. The third-order valence-electron chi connectivity index (χ3n) is 1.30. The molecule has 0 saturated carbocycles. The van der Waals surface area contributed by atoms with Crippen LogP contribution in [-0.2, 0) is 8.85 Å². The summed E-state index contributed by atoms with van der Waals surface area (Å²) in [6.07, 6.45) is 1.11. The number of hydrogen-bond donors (Lipinski definition) is 1. The molecule has 0 aliphatic carbocycles. The first-order valence-electron chi connectivity index (χ1n) is 4.19. The molecule has 0 fully saturated rings. The minimum Gasteiger partial charge on any atom is -0.397 e. The summed E-state index contributed by atoms with van der Waals surface area (Å²) < 4.78 is 10.9. The summed E-state index contributed by atoms with van der Waals surface area (Å²) in [6, 6.07) is 1.09. The van der Waals surface area contributed by atoms with E-state index >= 15 is 0 Å². The second kappa shape index (κ2) is 8.58. The number of rotatable bonds is 7. The molecule has 0 aromatic heterocycles. The largest absolute Gasteiger partial charge is 0.397 e. The van der Waals surface area contributed by atoms with Crippen molar-refractivity contribution >= 4 is 21.9 Å². The molecule has 0 aliphatic heterocycles. The second-order valence-electron chi connectivity index (χ2n) is 2.21. The SMILES string of the molecule is CCO[SiH](CCCS)OCC. The molecule has 11 heavy (non-hydrogen) atoms. The van der Waals surface area contributed by atoms with Gasteiger partial charge in [-0.05, 0) is 32.1 Å². The Kier molecular flexibility index (Phi) is 8.96. The van der Waals surface area contributed by atoms with Gasteiger partial charge in [-0.1, -0.05) is 0 Å². The second-order valence-corrected chi connectivity index (χ2v) is 4.76. The van der Waals surface area contributed by atoms with Gasteiger partial charge in [-0.25, -0.2) is 0 Å². The first-order chi connectivity index (χ1) is 5.35. The number of thiol groups is 1. The predicted octanol–water partition coefficient (Wildman–Crippen LogP) is 1.60. The van der Waals surface area contributed by atoms with Crippen LogP contribution in [0.2, 0.25) is 6.04 Å². The number of hydrogen-bond acceptors (Lipinski definition) is 3. The van der Waals surface area contributed by atoms with Gasteiger partial charge in [0.2, 0.25) is 0 Å². The average molecular weight is 194 g/mol. The van der Waals surface area contributed by atoms with E-state index in [1.54, 1.807) is 0 Å². The van der Waals surface area contributed by atoms with Crippen LogP contribution >= 0.6 is 12.6 Å². The molecule has 0 aliphatic rings. The predicted molar refractivity (Wildman–Crippen MR) is 53.7 cm³/mol. The fraction of sp³-hybridized carbons (Fsp3) is 1.00. The van der Waals surface area contributed by atoms with Crippen LogP contribution in [0.4, 0.5) is 0 Å². The minimum atomic E-state index is -1.30. The molecule has 0 heterocycles. The minimum absolute atomic E-state index is 0.781. The molecule has 0 aromatic carbocycles. The zero-order valence-corrected chi connectivity index (χ0v) is 9.43. The molecule has 4 heteroatoms. The van der Waals surface area contributed by atoms with Crippen LogP contribution in [0.15, 0.2) is 0 Å². The summed E-state index contributed by atoms with van der Waals surface area (Å²) in [5.74, 6) is 0.934. The summed E-state index contributed by atoms with van der Waals surface area (Å²) >= 11 is 4.14. The van der Waals surface area contributed by atoms with Gasteiger partial charge in [0.25, 0.3) is 0 Å². The maximum Gasteiger partial charge on any atom is 0.321 e. The van der Waals surface area contributed by atoms with Gasteiger partial charge in [0.15, 0.2) is 0 Å². The Morgan fingerprint density at radius 1 is 1.18 bits per heavy atom. The van der Waals surface area contributed by atoms with E-state index in [0.717, 1.165) is 31.4 Å². The Hall–Kier alpha value is 0.487. The van der Waals surface area contributed by atoms with Crippen LogP contribution in [0, 0.1) is 0 Å².